The molecule has 0 saturated carbocycles. The molecule has 0 N–H and O–H groups in total. The Kier molecular flexibility index (Phi) is 3.43. The summed E-state index contributed by atoms with van der Waals surface area (Å²) in [5.41, 5.74) is 1.51. The molecule has 70 valence electrons. The quantitative estimate of drug-likeness (QED) is 0.664. The highest BCUT2D eigenvalue weighted by Crippen LogP contribution is 2.03. The lowest BCUT2D eigenvalue weighted by molar-refractivity contribution is 0.0600. The molecule has 3 nitrogen and oxygen atoms in total. The summed E-state index contributed by atoms with van der Waals surface area (Å²) < 4.78 is 4.56. The summed E-state index contributed by atoms with van der Waals surface area (Å²) in [6.07, 6.45) is 3.56. The maximum absolute atomic E-state index is 11.0. The van der Waals surface area contributed by atoms with Gasteiger partial charge in [-0.2, -0.15) is 0 Å². The van der Waals surface area contributed by atoms with Crippen LogP contribution in [0.1, 0.15) is 29.4 Å². The lowest BCUT2D eigenvalue weighted by atomic mass is 10.2. The molecule has 0 spiro atoms. The number of hydrogen-bond acceptors (Lipinski definition) is 3. The van der Waals surface area contributed by atoms with E-state index in [1.54, 1.807) is 12.3 Å². The average molecular weight is 179 g/mol. The highest BCUT2D eigenvalue weighted by Gasteiger charge is 2.04. The van der Waals surface area contributed by atoms with Crippen molar-refractivity contribution in [2.45, 2.75) is 19.8 Å². The second-order valence-electron chi connectivity index (χ2n) is 2.78. The molecule has 0 radical (unpaired) electrons. The minimum absolute atomic E-state index is 0.337. The SMILES string of the molecule is CCCc1ccc(C(=O)OC)cn1. The van der Waals surface area contributed by atoms with Gasteiger partial charge >= 0.3 is 5.97 Å². The van der Waals surface area contributed by atoms with Crippen LogP contribution in [-0.4, -0.2) is 18.1 Å². The van der Waals surface area contributed by atoms with Crippen LogP contribution >= 0.6 is 0 Å². The van der Waals surface area contributed by atoms with Gasteiger partial charge in [-0.15, -0.1) is 0 Å². The predicted molar refractivity (Wildman–Crippen MR) is 49.6 cm³/mol. The number of rotatable bonds is 3. The zero-order chi connectivity index (χ0) is 9.68. The summed E-state index contributed by atoms with van der Waals surface area (Å²) in [4.78, 5) is 15.2. The highest BCUT2D eigenvalue weighted by atomic mass is 16.5. The topological polar surface area (TPSA) is 39.2 Å². The number of aryl methyl sites for hydroxylation is 1. The van der Waals surface area contributed by atoms with Gasteiger partial charge in [-0.25, -0.2) is 4.79 Å². The summed E-state index contributed by atoms with van der Waals surface area (Å²) in [5.74, 6) is -0.337. The Labute approximate surface area is 77.8 Å². The van der Waals surface area contributed by atoms with Gasteiger partial charge in [0, 0.05) is 11.9 Å². The zero-order valence-corrected chi connectivity index (χ0v) is 7.91. The van der Waals surface area contributed by atoms with E-state index in [1.807, 2.05) is 6.07 Å². The maximum atomic E-state index is 11.0. The van der Waals surface area contributed by atoms with Crippen molar-refractivity contribution in [2.24, 2.45) is 0 Å². The molecule has 1 aromatic heterocycles. The molecule has 0 bridgehead atoms. The second kappa shape index (κ2) is 4.60. The summed E-state index contributed by atoms with van der Waals surface area (Å²) >= 11 is 0. The molecule has 0 aromatic carbocycles. The van der Waals surface area contributed by atoms with Crippen molar-refractivity contribution in [1.82, 2.24) is 4.98 Å². The number of carbonyl (C=O) groups excluding carboxylic acids is 1. The summed E-state index contributed by atoms with van der Waals surface area (Å²) in [6, 6.07) is 3.60. The number of pyridine rings is 1. The number of ether oxygens (including phenoxy) is 1. The van der Waals surface area contributed by atoms with Crippen LogP contribution in [0.2, 0.25) is 0 Å². The molecule has 13 heavy (non-hydrogen) atoms. The maximum Gasteiger partial charge on any atom is 0.339 e. The van der Waals surface area contributed by atoms with Gasteiger partial charge in [0.25, 0.3) is 0 Å². The Morgan fingerprint density at radius 2 is 2.31 bits per heavy atom. The molecule has 0 aliphatic rings. The molecule has 0 aliphatic heterocycles. The molecule has 0 saturated heterocycles. The molecule has 1 rings (SSSR count). The van der Waals surface area contributed by atoms with E-state index in [9.17, 15) is 4.79 Å². The number of methoxy groups -OCH3 is 1. The molecule has 1 heterocycles. The molecule has 0 aliphatic carbocycles. The van der Waals surface area contributed by atoms with E-state index in [-0.39, 0.29) is 5.97 Å². The number of carbonyl (C=O) groups is 1. The highest BCUT2D eigenvalue weighted by molar-refractivity contribution is 5.88. The van der Waals surface area contributed by atoms with Crippen LogP contribution in [0.5, 0.6) is 0 Å². The Bertz CT molecular complexity index is 279. The fourth-order valence-corrected chi connectivity index (χ4v) is 1.07. The van der Waals surface area contributed by atoms with Crippen molar-refractivity contribution >= 4 is 5.97 Å². The largest absolute Gasteiger partial charge is 0.465 e. The first-order valence-corrected chi connectivity index (χ1v) is 4.31. The lowest BCUT2D eigenvalue weighted by Crippen LogP contribution is -2.02. The van der Waals surface area contributed by atoms with Gasteiger partial charge in [-0.1, -0.05) is 13.3 Å². The zero-order valence-electron chi connectivity index (χ0n) is 7.91. The number of esters is 1. The van der Waals surface area contributed by atoms with E-state index in [1.165, 1.54) is 7.11 Å². The number of hydrogen-bond donors (Lipinski definition) is 0. The fourth-order valence-electron chi connectivity index (χ4n) is 1.07. The normalized spacial score (nSPS) is 9.69. The van der Waals surface area contributed by atoms with Gasteiger partial charge in [-0.3, -0.25) is 4.98 Å². The Morgan fingerprint density at radius 3 is 2.77 bits per heavy atom. The average Bonchev–Trinajstić information content (AvgIpc) is 2.18. The van der Waals surface area contributed by atoms with Crippen molar-refractivity contribution in [2.75, 3.05) is 7.11 Å². The third-order valence-corrected chi connectivity index (χ3v) is 1.75. The van der Waals surface area contributed by atoms with Gasteiger partial charge in [0.1, 0.15) is 0 Å². The van der Waals surface area contributed by atoms with E-state index >= 15 is 0 Å². The molecule has 0 unspecified atom stereocenters. The lowest BCUT2D eigenvalue weighted by Gasteiger charge is -2.00. The molecule has 0 atom stereocenters. The van der Waals surface area contributed by atoms with E-state index in [4.69, 9.17) is 0 Å². The first kappa shape index (κ1) is 9.71. The Hall–Kier alpha value is -1.38. The van der Waals surface area contributed by atoms with Crippen molar-refractivity contribution in [1.29, 1.82) is 0 Å². The fraction of sp³-hybridized carbons (Fsp3) is 0.400. The monoisotopic (exact) mass is 179 g/mol. The van der Waals surface area contributed by atoms with E-state index in [2.05, 4.69) is 16.6 Å². The first-order valence-electron chi connectivity index (χ1n) is 4.31. The van der Waals surface area contributed by atoms with Gasteiger partial charge in [0.2, 0.25) is 0 Å². The molecule has 3 heteroatoms. The van der Waals surface area contributed by atoms with Gasteiger partial charge in [-0.05, 0) is 18.6 Å². The van der Waals surface area contributed by atoms with Crippen molar-refractivity contribution in [3.8, 4) is 0 Å². The summed E-state index contributed by atoms with van der Waals surface area (Å²) in [7, 11) is 1.36. The summed E-state index contributed by atoms with van der Waals surface area (Å²) in [5, 5.41) is 0. The molecular weight excluding hydrogens is 166 g/mol. The Morgan fingerprint density at radius 1 is 1.54 bits per heavy atom. The minimum Gasteiger partial charge on any atom is -0.465 e. The molecule has 1 aromatic rings. The van der Waals surface area contributed by atoms with Crippen LogP contribution in [0.3, 0.4) is 0 Å². The summed E-state index contributed by atoms with van der Waals surface area (Å²) in [6.45, 7) is 2.09. The molecule has 0 amide bonds. The van der Waals surface area contributed by atoms with Crippen LogP contribution < -0.4 is 0 Å². The van der Waals surface area contributed by atoms with E-state index in [0.29, 0.717) is 5.56 Å². The molecule has 0 fully saturated rings. The minimum atomic E-state index is -0.337. The van der Waals surface area contributed by atoms with Crippen LogP contribution in [-0.2, 0) is 11.2 Å². The van der Waals surface area contributed by atoms with E-state index < -0.39 is 0 Å². The van der Waals surface area contributed by atoms with Crippen LogP contribution in [0.4, 0.5) is 0 Å². The number of aromatic nitrogens is 1. The standard InChI is InChI=1S/C10H13NO2/c1-3-4-9-6-5-8(7-11-9)10(12)13-2/h5-7H,3-4H2,1-2H3. The predicted octanol–water partition coefficient (Wildman–Crippen LogP) is 1.82. The van der Waals surface area contributed by atoms with Gasteiger partial charge in [0.15, 0.2) is 0 Å². The van der Waals surface area contributed by atoms with Crippen LogP contribution in [0, 0.1) is 0 Å². The first-order chi connectivity index (χ1) is 6.27. The number of nitrogens with zero attached hydrogens (tertiary/aromatic N) is 1. The van der Waals surface area contributed by atoms with Crippen molar-refractivity contribution < 1.29 is 9.53 Å². The smallest absolute Gasteiger partial charge is 0.339 e. The van der Waals surface area contributed by atoms with Crippen LogP contribution in [0.25, 0.3) is 0 Å². The Balaban J connectivity index is 2.75. The van der Waals surface area contributed by atoms with Crippen molar-refractivity contribution in [3.05, 3.63) is 29.6 Å². The van der Waals surface area contributed by atoms with Gasteiger partial charge < -0.3 is 4.74 Å². The van der Waals surface area contributed by atoms with E-state index in [0.717, 1.165) is 18.5 Å². The second-order valence-corrected chi connectivity index (χ2v) is 2.78. The van der Waals surface area contributed by atoms with Crippen LogP contribution in [0.15, 0.2) is 18.3 Å². The van der Waals surface area contributed by atoms with Gasteiger partial charge in [0.05, 0.1) is 12.7 Å². The van der Waals surface area contributed by atoms with Crippen molar-refractivity contribution in [3.63, 3.8) is 0 Å². The molecular formula is C10H13NO2. The third kappa shape index (κ3) is 2.54. The third-order valence-electron chi connectivity index (χ3n) is 1.75.